The molecule has 0 N–H and O–H groups in total. The van der Waals surface area contributed by atoms with Crippen LogP contribution in [0.2, 0.25) is 0 Å². The molecule has 0 radical (unpaired) electrons. The molecule has 1 atom stereocenters. The zero-order valence-electron chi connectivity index (χ0n) is 20.4. The summed E-state index contributed by atoms with van der Waals surface area (Å²) in [4.78, 5) is 30.0. The first-order valence-electron chi connectivity index (χ1n) is 12.1. The van der Waals surface area contributed by atoms with Gasteiger partial charge in [0.15, 0.2) is 0 Å². The Morgan fingerprint density at radius 3 is 2.44 bits per heavy atom. The van der Waals surface area contributed by atoms with Gasteiger partial charge in [-0.15, -0.1) is 0 Å². The summed E-state index contributed by atoms with van der Waals surface area (Å²) in [7, 11) is 0. The summed E-state index contributed by atoms with van der Waals surface area (Å²) >= 11 is 0. The first-order valence-corrected chi connectivity index (χ1v) is 12.1. The molecule has 0 spiro atoms. The van der Waals surface area contributed by atoms with Crippen molar-refractivity contribution in [2.24, 2.45) is 11.8 Å². The van der Waals surface area contributed by atoms with E-state index < -0.39 is 0 Å². The van der Waals surface area contributed by atoms with Gasteiger partial charge < -0.3 is 14.4 Å². The highest BCUT2D eigenvalue weighted by Gasteiger charge is 2.35. The second-order valence-electron chi connectivity index (χ2n) is 9.72. The van der Waals surface area contributed by atoms with E-state index in [1.54, 1.807) is 4.90 Å². The van der Waals surface area contributed by atoms with Crippen molar-refractivity contribution in [1.82, 2.24) is 14.4 Å². The van der Waals surface area contributed by atoms with Crippen LogP contribution in [-0.2, 0) is 22.7 Å². The van der Waals surface area contributed by atoms with Crippen LogP contribution in [0.4, 0.5) is 0 Å². The summed E-state index contributed by atoms with van der Waals surface area (Å²) in [5.74, 6) is 0.663. The summed E-state index contributed by atoms with van der Waals surface area (Å²) in [6, 6.07) is 12.7. The normalized spacial score (nSPS) is 14.4. The molecular weight excluding hydrogens is 398 g/mol. The fourth-order valence-corrected chi connectivity index (χ4v) is 4.12. The van der Waals surface area contributed by atoms with E-state index in [0.717, 1.165) is 31.5 Å². The third kappa shape index (κ3) is 6.24. The Labute approximate surface area is 193 Å². The maximum absolute atomic E-state index is 13.5. The van der Waals surface area contributed by atoms with Crippen LogP contribution in [0.5, 0.6) is 0 Å². The Balaban J connectivity index is 1.75. The highest BCUT2D eigenvalue weighted by molar-refractivity contribution is 5.87. The van der Waals surface area contributed by atoms with Gasteiger partial charge in [0, 0.05) is 36.9 Å². The van der Waals surface area contributed by atoms with Gasteiger partial charge in [-0.2, -0.15) is 0 Å². The minimum atomic E-state index is 0.0395. The van der Waals surface area contributed by atoms with Gasteiger partial charge >= 0.3 is 0 Å². The Bertz CT molecular complexity index is 913. The smallest absolute Gasteiger partial charge is 0.242 e. The number of hydrogen-bond donors (Lipinski definition) is 0. The topological polar surface area (TPSA) is 45.6 Å². The minimum absolute atomic E-state index is 0.0395. The fourth-order valence-electron chi connectivity index (χ4n) is 4.12. The average molecular weight is 438 g/mol. The van der Waals surface area contributed by atoms with E-state index in [1.165, 1.54) is 11.1 Å². The van der Waals surface area contributed by atoms with Crippen LogP contribution in [0, 0.1) is 18.8 Å². The lowest BCUT2D eigenvalue weighted by molar-refractivity contribution is -0.143. The fraction of sp³-hybridized carbons (Fsp3) is 0.556. The number of rotatable bonds is 11. The van der Waals surface area contributed by atoms with Gasteiger partial charge in [-0.3, -0.25) is 9.59 Å². The number of benzene rings is 1. The number of aryl methyl sites for hydroxylation is 1. The maximum Gasteiger partial charge on any atom is 0.242 e. The summed E-state index contributed by atoms with van der Waals surface area (Å²) in [5, 5.41) is 0. The molecule has 0 unspecified atom stereocenters. The molecular formula is C27H39N3O2. The van der Waals surface area contributed by atoms with Crippen molar-refractivity contribution in [3.8, 4) is 0 Å². The van der Waals surface area contributed by atoms with Gasteiger partial charge in [0.1, 0.15) is 0 Å². The summed E-state index contributed by atoms with van der Waals surface area (Å²) in [5.41, 5.74) is 3.67. The molecule has 32 heavy (non-hydrogen) atoms. The molecule has 1 saturated carbocycles. The molecule has 1 aromatic carbocycles. The molecule has 0 saturated heterocycles. The molecule has 5 heteroatoms. The van der Waals surface area contributed by atoms with Gasteiger partial charge in [0.2, 0.25) is 11.8 Å². The number of amides is 2. The van der Waals surface area contributed by atoms with E-state index in [4.69, 9.17) is 0 Å². The highest BCUT2D eigenvalue weighted by atomic mass is 16.2. The quantitative estimate of drug-likeness (QED) is 0.504. The van der Waals surface area contributed by atoms with Crippen molar-refractivity contribution < 1.29 is 9.59 Å². The summed E-state index contributed by atoms with van der Waals surface area (Å²) in [6.45, 7) is 12.7. The molecule has 1 aliphatic rings. The van der Waals surface area contributed by atoms with E-state index in [-0.39, 0.29) is 30.3 Å². The molecule has 2 amide bonds. The van der Waals surface area contributed by atoms with Crippen LogP contribution in [-0.4, -0.2) is 45.3 Å². The monoisotopic (exact) mass is 437 g/mol. The second-order valence-corrected chi connectivity index (χ2v) is 9.72. The van der Waals surface area contributed by atoms with Crippen LogP contribution in [0.15, 0.2) is 42.6 Å². The Morgan fingerprint density at radius 1 is 1.09 bits per heavy atom. The zero-order chi connectivity index (χ0) is 23.3. The molecule has 3 rings (SSSR count). The van der Waals surface area contributed by atoms with Crippen LogP contribution < -0.4 is 0 Å². The molecule has 0 bridgehead atoms. The molecule has 2 aromatic rings. The second kappa shape index (κ2) is 10.8. The van der Waals surface area contributed by atoms with E-state index in [1.807, 2.05) is 4.90 Å². The predicted octanol–water partition coefficient (Wildman–Crippen LogP) is 4.87. The van der Waals surface area contributed by atoms with Gasteiger partial charge in [-0.25, -0.2) is 0 Å². The van der Waals surface area contributed by atoms with E-state index in [0.29, 0.717) is 19.0 Å². The molecule has 1 fully saturated rings. The number of carbonyl (C=O) groups is 2. The molecule has 0 aliphatic heterocycles. The molecule has 1 aliphatic carbocycles. The number of nitrogens with zero attached hydrogens (tertiary/aromatic N) is 3. The van der Waals surface area contributed by atoms with Crippen molar-refractivity contribution in [2.45, 2.75) is 73.0 Å². The van der Waals surface area contributed by atoms with Crippen LogP contribution in [0.25, 0.3) is 0 Å². The van der Waals surface area contributed by atoms with Gasteiger partial charge in [-0.1, -0.05) is 45.0 Å². The SMILES string of the molecule is CC[C@H](C)N(Cc1cccn1Cc1ccccc1C)C(=O)CN(CC(C)C)C(=O)C1CC1. The van der Waals surface area contributed by atoms with E-state index in [9.17, 15) is 9.59 Å². The Morgan fingerprint density at radius 2 is 1.81 bits per heavy atom. The Hall–Kier alpha value is -2.56. The van der Waals surface area contributed by atoms with Crippen LogP contribution in [0.1, 0.15) is 63.8 Å². The van der Waals surface area contributed by atoms with Crippen LogP contribution >= 0.6 is 0 Å². The van der Waals surface area contributed by atoms with Crippen molar-refractivity contribution in [3.05, 3.63) is 59.4 Å². The van der Waals surface area contributed by atoms with Crippen molar-refractivity contribution in [1.29, 1.82) is 0 Å². The number of carbonyl (C=O) groups excluding carboxylic acids is 2. The first-order chi connectivity index (χ1) is 15.3. The van der Waals surface area contributed by atoms with Gasteiger partial charge in [-0.05, 0) is 62.3 Å². The number of hydrogen-bond acceptors (Lipinski definition) is 2. The standard InChI is InChI=1S/C27H39N3O2/c1-6-22(5)30(26(31)19-29(16-20(2)3)27(32)23-13-14-23)18-25-12-9-15-28(25)17-24-11-8-7-10-21(24)4/h7-12,15,20,22-23H,6,13-14,16-19H2,1-5H3/t22-/m0/s1. The molecule has 1 aromatic heterocycles. The number of aromatic nitrogens is 1. The average Bonchev–Trinajstić information content (AvgIpc) is 3.52. The highest BCUT2D eigenvalue weighted by Crippen LogP contribution is 2.31. The first kappa shape index (κ1) is 24.1. The summed E-state index contributed by atoms with van der Waals surface area (Å²) < 4.78 is 2.23. The molecule has 174 valence electrons. The lowest BCUT2D eigenvalue weighted by Gasteiger charge is -2.32. The van der Waals surface area contributed by atoms with Gasteiger partial charge in [0.05, 0.1) is 13.1 Å². The largest absolute Gasteiger partial charge is 0.345 e. The van der Waals surface area contributed by atoms with Crippen molar-refractivity contribution >= 4 is 11.8 Å². The predicted molar refractivity (Wildman–Crippen MR) is 129 cm³/mol. The van der Waals surface area contributed by atoms with E-state index >= 15 is 0 Å². The lowest BCUT2D eigenvalue weighted by atomic mass is 10.1. The zero-order valence-corrected chi connectivity index (χ0v) is 20.4. The Kier molecular flexibility index (Phi) is 8.16. The third-order valence-electron chi connectivity index (χ3n) is 6.45. The van der Waals surface area contributed by atoms with Gasteiger partial charge in [0.25, 0.3) is 0 Å². The molecule has 1 heterocycles. The molecule has 5 nitrogen and oxygen atoms in total. The third-order valence-corrected chi connectivity index (χ3v) is 6.45. The minimum Gasteiger partial charge on any atom is -0.345 e. The van der Waals surface area contributed by atoms with E-state index in [2.05, 4.69) is 81.8 Å². The summed E-state index contributed by atoms with van der Waals surface area (Å²) in [6.07, 6.45) is 4.89. The lowest BCUT2D eigenvalue weighted by Crippen LogP contribution is -2.47. The maximum atomic E-state index is 13.5. The van der Waals surface area contributed by atoms with Crippen LogP contribution in [0.3, 0.4) is 0 Å². The van der Waals surface area contributed by atoms with Crippen molar-refractivity contribution in [2.75, 3.05) is 13.1 Å². The van der Waals surface area contributed by atoms with Crippen molar-refractivity contribution in [3.63, 3.8) is 0 Å².